The number of imidazole rings is 1. The van der Waals surface area contributed by atoms with Crippen LogP contribution >= 0.6 is 11.8 Å². The molecule has 1 fully saturated rings. The van der Waals surface area contributed by atoms with Crippen molar-refractivity contribution in [2.24, 2.45) is 5.92 Å². The molecule has 4 rings (SSSR count). The van der Waals surface area contributed by atoms with Crippen LogP contribution in [0.4, 0.5) is 0 Å². The van der Waals surface area contributed by atoms with Crippen LogP contribution in [0.15, 0.2) is 51.1 Å². The highest BCUT2D eigenvalue weighted by Gasteiger charge is 2.25. The Hall–Kier alpha value is -2.05. The van der Waals surface area contributed by atoms with Gasteiger partial charge in [-0.2, -0.15) is 0 Å². The number of fused-ring (bicyclic) bond motifs is 1. The van der Waals surface area contributed by atoms with Gasteiger partial charge >= 0.3 is 0 Å². The zero-order valence-electron chi connectivity index (χ0n) is 16.7. The number of pyridine rings is 1. The summed E-state index contributed by atoms with van der Waals surface area (Å²) < 4.78 is 7.95. The number of benzene rings is 1. The van der Waals surface area contributed by atoms with Crippen LogP contribution in [-0.2, 0) is 16.7 Å². The summed E-state index contributed by atoms with van der Waals surface area (Å²) in [4.78, 5) is 21.1. The molecule has 0 bridgehead atoms. The van der Waals surface area contributed by atoms with E-state index in [1.165, 1.54) is 5.52 Å². The minimum Gasteiger partial charge on any atom is -0.381 e. The fourth-order valence-corrected chi connectivity index (χ4v) is 4.55. The molecule has 5 nitrogen and oxygen atoms in total. The van der Waals surface area contributed by atoms with Crippen molar-refractivity contribution < 1.29 is 4.74 Å². The van der Waals surface area contributed by atoms with E-state index in [9.17, 15) is 4.79 Å². The zero-order valence-corrected chi connectivity index (χ0v) is 17.5. The largest absolute Gasteiger partial charge is 0.381 e. The Morgan fingerprint density at radius 2 is 1.93 bits per heavy atom. The van der Waals surface area contributed by atoms with Crippen LogP contribution in [0.25, 0.3) is 11.0 Å². The Morgan fingerprint density at radius 3 is 2.61 bits per heavy atom. The van der Waals surface area contributed by atoms with E-state index in [4.69, 9.17) is 9.72 Å². The van der Waals surface area contributed by atoms with Crippen molar-refractivity contribution in [3.63, 3.8) is 0 Å². The van der Waals surface area contributed by atoms with Crippen molar-refractivity contribution in [3.8, 4) is 0 Å². The molecule has 0 radical (unpaired) electrons. The molecule has 3 heterocycles. The van der Waals surface area contributed by atoms with E-state index in [-0.39, 0.29) is 11.0 Å². The highest BCUT2D eigenvalue weighted by molar-refractivity contribution is 7.99. The van der Waals surface area contributed by atoms with Gasteiger partial charge in [0.2, 0.25) is 5.56 Å². The molecule has 0 spiro atoms. The minimum atomic E-state index is -0.0820. The summed E-state index contributed by atoms with van der Waals surface area (Å²) in [5.41, 5.74) is 2.13. The van der Waals surface area contributed by atoms with Gasteiger partial charge in [0, 0.05) is 47.2 Å². The molecule has 1 N–H and O–H groups in total. The van der Waals surface area contributed by atoms with Gasteiger partial charge in [-0.25, -0.2) is 4.98 Å². The molecule has 0 unspecified atom stereocenters. The second kappa shape index (κ2) is 7.76. The second-order valence-corrected chi connectivity index (χ2v) is 9.64. The molecule has 1 saturated heterocycles. The molecule has 1 aliphatic heterocycles. The Morgan fingerprint density at radius 1 is 1.18 bits per heavy atom. The number of nitrogens with zero attached hydrogens (tertiary/aromatic N) is 2. The van der Waals surface area contributed by atoms with Crippen molar-refractivity contribution in [2.75, 3.05) is 13.2 Å². The fourth-order valence-electron chi connectivity index (χ4n) is 3.71. The minimum absolute atomic E-state index is 0.0175. The van der Waals surface area contributed by atoms with E-state index in [0.717, 1.165) is 53.7 Å². The van der Waals surface area contributed by atoms with Crippen LogP contribution < -0.4 is 5.56 Å². The molecule has 1 aromatic carbocycles. The highest BCUT2D eigenvalue weighted by Crippen LogP contribution is 2.33. The summed E-state index contributed by atoms with van der Waals surface area (Å²) in [6.45, 7) is 9.41. The smallest absolute Gasteiger partial charge is 0.247 e. The van der Waals surface area contributed by atoms with E-state index in [1.54, 1.807) is 24.0 Å². The third-order valence-corrected chi connectivity index (χ3v) is 6.14. The van der Waals surface area contributed by atoms with Crippen LogP contribution in [0.5, 0.6) is 0 Å². The van der Waals surface area contributed by atoms with Gasteiger partial charge in [0.25, 0.3) is 0 Å². The van der Waals surface area contributed by atoms with Gasteiger partial charge in [-0.3, -0.25) is 4.79 Å². The lowest BCUT2D eigenvalue weighted by atomic mass is 9.94. The average Bonchev–Trinajstić information content (AvgIpc) is 3.03. The Kier molecular flexibility index (Phi) is 5.34. The van der Waals surface area contributed by atoms with Crippen LogP contribution in [0.3, 0.4) is 0 Å². The monoisotopic (exact) mass is 397 g/mol. The first-order chi connectivity index (χ1) is 13.4. The van der Waals surface area contributed by atoms with Crippen LogP contribution in [-0.4, -0.2) is 27.7 Å². The molecule has 0 atom stereocenters. The van der Waals surface area contributed by atoms with Crippen molar-refractivity contribution >= 4 is 22.8 Å². The van der Waals surface area contributed by atoms with Gasteiger partial charge in [-0.05, 0) is 43.0 Å². The van der Waals surface area contributed by atoms with Crippen molar-refractivity contribution in [1.82, 2.24) is 14.5 Å². The second-order valence-electron chi connectivity index (χ2n) is 8.49. The van der Waals surface area contributed by atoms with Gasteiger partial charge in [0.05, 0.1) is 11.0 Å². The summed E-state index contributed by atoms with van der Waals surface area (Å²) in [6.07, 6.45) is 3.98. The normalized spacial score (nSPS) is 16.0. The van der Waals surface area contributed by atoms with Crippen molar-refractivity contribution in [2.45, 2.75) is 55.4 Å². The Bertz CT molecular complexity index is 1010. The van der Waals surface area contributed by atoms with Crippen LogP contribution in [0.1, 0.15) is 39.4 Å². The highest BCUT2D eigenvalue weighted by atomic mass is 32.2. The van der Waals surface area contributed by atoms with E-state index >= 15 is 0 Å². The maximum Gasteiger partial charge on any atom is 0.247 e. The summed E-state index contributed by atoms with van der Waals surface area (Å²) in [7, 11) is 0. The zero-order chi connectivity index (χ0) is 19.7. The first-order valence-corrected chi connectivity index (χ1v) is 10.7. The Labute approximate surface area is 169 Å². The number of H-pyrrole nitrogens is 1. The van der Waals surface area contributed by atoms with Crippen molar-refractivity contribution in [3.05, 3.63) is 52.7 Å². The molecule has 1 aliphatic rings. The van der Waals surface area contributed by atoms with E-state index in [2.05, 4.69) is 48.5 Å². The molecular weight excluding hydrogens is 370 g/mol. The van der Waals surface area contributed by atoms with Crippen molar-refractivity contribution in [1.29, 1.82) is 0 Å². The van der Waals surface area contributed by atoms with Gasteiger partial charge in [-0.15, -0.1) is 0 Å². The fraction of sp³-hybridized carbons (Fsp3) is 0.455. The Balaban J connectivity index is 1.68. The number of nitrogens with one attached hydrogen (secondary N) is 1. The number of aromatic nitrogens is 3. The van der Waals surface area contributed by atoms with Gasteiger partial charge in [0.15, 0.2) is 0 Å². The molecule has 28 heavy (non-hydrogen) atoms. The lowest BCUT2D eigenvalue weighted by Gasteiger charge is -2.26. The average molecular weight is 398 g/mol. The first kappa shape index (κ1) is 19.3. The molecule has 2 aromatic heterocycles. The standard InChI is InChI=1S/C22H27N3O2S/c1-22(2,3)21-24-18-12-16(28-17-5-7-20(26)23-13-17)4-6-19(18)25(21)14-15-8-10-27-11-9-15/h4-7,12-13,15H,8-11,14H2,1-3H3,(H,23,26). The maximum atomic E-state index is 11.3. The number of rotatable bonds is 4. The van der Waals surface area contributed by atoms with Gasteiger partial charge in [-0.1, -0.05) is 32.5 Å². The van der Waals surface area contributed by atoms with E-state index in [1.807, 2.05) is 6.07 Å². The van der Waals surface area contributed by atoms with Crippen LogP contribution in [0, 0.1) is 5.92 Å². The topological polar surface area (TPSA) is 59.9 Å². The quantitative estimate of drug-likeness (QED) is 0.699. The van der Waals surface area contributed by atoms with E-state index in [0.29, 0.717) is 5.92 Å². The predicted molar refractivity (Wildman–Crippen MR) is 113 cm³/mol. The van der Waals surface area contributed by atoms with Gasteiger partial charge in [0.1, 0.15) is 5.82 Å². The summed E-state index contributed by atoms with van der Waals surface area (Å²) in [5, 5.41) is 0. The maximum absolute atomic E-state index is 11.3. The molecule has 148 valence electrons. The van der Waals surface area contributed by atoms with Gasteiger partial charge < -0.3 is 14.3 Å². The van der Waals surface area contributed by atoms with Crippen LogP contribution in [0.2, 0.25) is 0 Å². The summed E-state index contributed by atoms with van der Waals surface area (Å²) in [6, 6.07) is 9.89. The number of hydrogen-bond donors (Lipinski definition) is 1. The summed E-state index contributed by atoms with van der Waals surface area (Å²) >= 11 is 1.63. The number of aromatic amines is 1. The SMILES string of the molecule is CC(C)(C)c1nc2cc(Sc3ccc(=O)[nH]c3)ccc2n1CC1CCOCC1. The molecule has 0 amide bonds. The molecule has 0 saturated carbocycles. The third-order valence-electron chi connectivity index (χ3n) is 5.16. The molecule has 0 aliphatic carbocycles. The number of hydrogen-bond acceptors (Lipinski definition) is 4. The summed E-state index contributed by atoms with van der Waals surface area (Å²) in [5.74, 6) is 1.78. The predicted octanol–water partition coefficient (Wildman–Crippen LogP) is 4.60. The third kappa shape index (κ3) is 4.18. The lowest BCUT2D eigenvalue weighted by molar-refractivity contribution is 0.0611. The number of ether oxygens (including phenoxy) is 1. The molecular formula is C22H27N3O2S. The first-order valence-electron chi connectivity index (χ1n) is 9.85. The molecule has 3 aromatic rings. The molecule has 6 heteroatoms. The van der Waals surface area contributed by atoms with E-state index < -0.39 is 0 Å². The lowest BCUT2D eigenvalue weighted by Crippen LogP contribution is -2.25.